The summed E-state index contributed by atoms with van der Waals surface area (Å²) in [7, 11) is 0. The lowest BCUT2D eigenvalue weighted by Crippen LogP contribution is -2.09. The van der Waals surface area contributed by atoms with Crippen molar-refractivity contribution in [3.8, 4) is 44.5 Å². The summed E-state index contributed by atoms with van der Waals surface area (Å²) in [5, 5.41) is 5.21. The lowest BCUT2D eigenvalue weighted by molar-refractivity contribution is 0.863. The molecule has 1 aliphatic carbocycles. The maximum atomic E-state index is 2.36. The molecule has 0 fully saturated rings. The first kappa shape index (κ1) is 35.9. The van der Waals surface area contributed by atoms with Gasteiger partial charge in [0, 0.05) is 43.2 Å². The van der Waals surface area contributed by atoms with E-state index >= 15 is 0 Å². The molecule has 11 rings (SSSR count). The van der Waals surface area contributed by atoms with Crippen molar-refractivity contribution in [3.05, 3.63) is 236 Å². The Balaban J connectivity index is 0.950. The molecule has 0 aliphatic heterocycles. The van der Waals surface area contributed by atoms with Crippen molar-refractivity contribution in [1.29, 1.82) is 0 Å². The highest BCUT2D eigenvalue weighted by molar-refractivity contribution is 7.26. The first-order chi connectivity index (χ1) is 29.7. The number of thiophene rings is 1. The van der Waals surface area contributed by atoms with E-state index in [0.717, 1.165) is 23.5 Å². The van der Waals surface area contributed by atoms with Gasteiger partial charge in [0.15, 0.2) is 0 Å². The lowest BCUT2D eigenvalue weighted by atomic mass is 9.90. The SMILES string of the molecule is C1=CCC(c2cccc3c2sc2cccc(-c4cccc(-c5ccc(N(c6ccc(-c7ccccc7)cc6)c6ccc(-c7cccc8ccccc78)cc6)cc5)c4)c23)C=C1. The van der Waals surface area contributed by atoms with Crippen LogP contribution in [0.4, 0.5) is 17.1 Å². The first-order valence-electron chi connectivity index (χ1n) is 20.8. The Kier molecular flexibility index (Phi) is 9.26. The predicted octanol–water partition coefficient (Wildman–Crippen LogP) is 16.9. The molecular formula is C58H41NS. The average Bonchev–Trinajstić information content (AvgIpc) is 3.72. The van der Waals surface area contributed by atoms with Crippen LogP contribution in [0.15, 0.2) is 231 Å². The lowest BCUT2D eigenvalue weighted by Gasteiger charge is -2.26. The third-order valence-electron chi connectivity index (χ3n) is 12.0. The van der Waals surface area contributed by atoms with Gasteiger partial charge in [-0.1, -0.05) is 182 Å². The molecule has 0 saturated carbocycles. The zero-order valence-electron chi connectivity index (χ0n) is 33.1. The van der Waals surface area contributed by atoms with Gasteiger partial charge in [0.2, 0.25) is 0 Å². The van der Waals surface area contributed by atoms with Crippen molar-refractivity contribution in [2.24, 2.45) is 0 Å². The third kappa shape index (κ3) is 6.62. The van der Waals surface area contributed by atoms with E-state index in [1.54, 1.807) is 0 Å². The number of fused-ring (bicyclic) bond motifs is 4. The molecule has 0 bridgehead atoms. The van der Waals surface area contributed by atoms with E-state index in [2.05, 4.69) is 235 Å². The van der Waals surface area contributed by atoms with E-state index in [9.17, 15) is 0 Å². The zero-order valence-corrected chi connectivity index (χ0v) is 33.9. The minimum Gasteiger partial charge on any atom is -0.311 e. The van der Waals surface area contributed by atoms with E-state index in [4.69, 9.17) is 0 Å². The molecule has 60 heavy (non-hydrogen) atoms. The summed E-state index contributed by atoms with van der Waals surface area (Å²) in [4.78, 5) is 2.36. The molecule has 9 aromatic carbocycles. The molecule has 10 aromatic rings. The van der Waals surface area contributed by atoms with Crippen LogP contribution in [-0.2, 0) is 0 Å². The highest BCUT2D eigenvalue weighted by Gasteiger charge is 2.19. The fourth-order valence-electron chi connectivity index (χ4n) is 9.03. The molecule has 0 saturated heterocycles. The second kappa shape index (κ2) is 15.5. The van der Waals surface area contributed by atoms with Crippen LogP contribution in [0.1, 0.15) is 17.9 Å². The van der Waals surface area contributed by atoms with Gasteiger partial charge < -0.3 is 4.90 Å². The summed E-state index contributed by atoms with van der Waals surface area (Å²) in [5.41, 5.74) is 14.5. The molecule has 0 N–H and O–H groups in total. The fraction of sp³-hybridized carbons (Fsp3) is 0.0345. The van der Waals surface area contributed by atoms with E-state index in [-0.39, 0.29) is 0 Å². The van der Waals surface area contributed by atoms with Gasteiger partial charge in [0.25, 0.3) is 0 Å². The summed E-state index contributed by atoms with van der Waals surface area (Å²) in [6.45, 7) is 0. The van der Waals surface area contributed by atoms with Gasteiger partial charge in [0.1, 0.15) is 0 Å². The predicted molar refractivity (Wildman–Crippen MR) is 259 cm³/mol. The Bertz CT molecular complexity index is 3200. The van der Waals surface area contributed by atoms with Gasteiger partial charge in [-0.3, -0.25) is 0 Å². The molecule has 0 amide bonds. The van der Waals surface area contributed by atoms with Crippen LogP contribution in [0.2, 0.25) is 0 Å². The average molecular weight is 784 g/mol. The van der Waals surface area contributed by atoms with E-state index in [1.807, 2.05) is 11.3 Å². The number of allylic oxidation sites excluding steroid dienone is 4. The minimum atomic E-state index is 0.417. The van der Waals surface area contributed by atoms with Crippen LogP contribution in [0, 0.1) is 0 Å². The van der Waals surface area contributed by atoms with Crippen LogP contribution in [0.3, 0.4) is 0 Å². The van der Waals surface area contributed by atoms with Crippen molar-refractivity contribution < 1.29 is 0 Å². The molecule has 1 nitrogen and oxygen atoms in total. The minimum absolute atomic E-state index is 0.417. The second-order valence-electron chi connectivity index (χ2n) is 15.6. The van der Waals surface area contributed by atoms with Crippen LogP contribution in [0.5, 0.6) is 0 Å². The summed E-state index contributed by atoms with van der Waals surface area (Å²) in [6, 6.07) is 75.5. The molecular weight excluding hydrogens is 743 g/mol. The van der Waals surface area contributed by atoms with Crippen molar-refractivity contribution in [1.82, 2.24) is 0 Å². The molecule has 1 atom stereocenters. The Morgan fingerprint density at radius 3 is 1.73 bits per heavy atom. The van der Waals surface area contributed by atoms with Crippen molar-refractivity contribution in [2.45, 2.75) is 12.3 Å². The maximum absolute atomic E-state index is 2.36. The van der Waals surface area contributed by atoms with Crippen molar-refractivity contribution in [3.63, 3.8) is 0 Å². The Morgan fingerprint density at radius 1 is 0.417 bits per heavy atom. The van der Waals surface area contributed by atoms with Gasteiger partial charge in [-0.05, 0) is 116 Å². The van der Waals surface area contributed by atoms with Gasteiger partial charge in [-0.15, -0.1) is 11.3 Å². The molecule has 0 radical (unpaired) electrons. The highest BCUT2D eigenvalue weighted by Crippen LogP contribution is 2.45. The van der Waals surface area contributed by atoms with Crippen molar-refractivity contribution in [2.75, 3.05) is 4.90 Å². The smallest absolute Gasteiger partial charge is 0.0462 e. The van der Waals surface area contributed by atoms with Crippen LogP contribution >= 0.6 is 11.3 Å². The molecule has 1 unspecified atom stereocenters. The zero-order chi connectivity index (χ0) is 39.8. The number of nitrogens with zero attached hydrogens (tertiary/aromatic N) is 1. The number of benzene rings is 9. The molecule has 0 spiro atoms. The second-order valence-corrected chi connectivity index (χ2v) is 16.7. The number of anilines is 3. The fourth-order valence-corrected chi connectivity index (χ4v) is 10.3. The number of hydrogen-bond donors (Lipinski definition) is 0. The summed E-state index contributed by atoms with van der Waals surface area (Å²) in [6.07, 6.45) is 10.0. The normalized spacial score (nSPS) is 13.6. The number of hydrogen-bond acceptors (Lipinski definition) is 2. The maximum Gasteiger partial charge on any atom is 0.0462 e. The standard InChI is InChI=1S/C58H41NS/c1-3-13-40(14-4-1)41-27-33-48(34-28-41)59(50-37-31-45(32-38-50)52-22-10-18-43-17-7-8-21-51(43)52)49-35-29-42(30-36-49)46-19-9-20-47(39-46)53-23-12-26-56-57(53)55-25-11-24-54(58(55)60-56)44-15-5-2-6-16-44/h1-15,17-39,44H,16H2. The van der Waals surface area contributed by atoms with Crippen molar-refractivity contribution >= 4 is 59.3 Å². The van der Waals surface area contributed by atoms with E-state index < -0.39 is 0 Å². The summed E-state index contributed by atoms with van der Waals surface area (Å²) in [5.74, 6) is 0.417. The van der Waals surface area contributed by atoms with Crippen LogP contribution in [0.25, 0.3) is 75.5 Å². The van der Waals surface area contributed by atoms with Gasteiger partial charge >= 0.3 is 0 Å². The first-order valence-corrected chi connectivity index (χ1v) is 21.6. The summed E-state index contributed by atoms with van der Waals surface area (Å²) >= 11 is 1.93. The largest absolute Gasteiger partial charge is 0.311 e. The quantitative estimate of drug-likeness (QED) is 0.148. The van der Waals surface area contributed by atoms with Crippen LogP contribution in [-0.4, -0.2) is 0 Å². The molecule has 284 valence electrons. The Morgan fingerprint density at radius 2 is 0.983 bits per heavy atom. The van der Waals surface area contributed by atoms with Gasteiger partial charge in [0.05, 0.1) is 0 Å². The van der Waals surface area contributed by atoms with E-state index in [0.29, 0.717) is 5.92 Å². The summed E-state index contributed by atoms with van der Waals surface area (Å²) < 4.78 is 2.74. The molecule has 2 heteroatoms. The highest BCUT2D eigenvalue weighted by atomic mass is 32.1. The Hall–Kier alpha value is -7.26. The third-order valence-corrected chi connectivity index (χ3v) is 13.2. The van der Waals surface area contributed by atoms with E-state index in [1.165, 1.54) is 81.0 Å². The topological polar surface area (TPSA) is 3.24 Å². The molecule has 1 aliphatic rings. The van der Waals surface area contributed by atoms with Gasteiger partial charge in [-0.25, -0.2) is 0 Å². The van der Waals surface area contributed by atoms with Crippen LogP contribution < -0.4 is 4.90 Å². The monoisotopic (exact) mass is 783 g/mol. The number of rotatable bonds is 8. The molecule has 1 aromatic heterocycles. The van der Waals surface area contributed by atoms with Gasteiger partial charge in [-0.2, -0.15) is 0 Å². The Labute approximate surface area is 355 Å². The molecule has 1 heterocycles.